The molecule has 0 aliphatic heterocycles. The summed E-state index contributed by atoms with van der Waals surface area (Å²) in [6.45, 7) is 1.58. The van der Waals surface area contributed by atoms with E-state index in [1.165, 1.54) is 11.8 Å². The van der Waals surface area contributed by atoms with Crippen LogP contribution in [-0.2, 0) is 4.79 Å². The Labute approximate surface area is 99.9 Å². The number of pyridine rings is 1. The monoisotopic (exact) mass is 237 g/mol. The van der Waals surface area contributed by atoms with Crippen molar-refractivity contribution in [3.8, 4) is 5.75 Å². The second-order valence-corrected chi connectivity index (χ2v) is 4.39. The van der Waals surface area contributed by atoms with Crippen LogP contribution in [0.1, 0.15) is 19.0 Å². The number of hydrogen-bond acceptors (Lipinski definition) is 4. The standard InChI is InChI=1S/C12H15NO2S/c1-10(14)16-9-4-3-6-11-12(15-2)7-5-8-13-11/h3,5-8H,4,9H2,1-2H3. The molecule has 1 rings (SSSR count). The minimum atomic E-state index is 0.156. The number of aromatic nitrogens is 1. The molecule has 0 amide bonds. The summed E-state index contributed by atoms with van der Waals surface area (Å²) in [5.41, 5.74) is 0.817. The van der Waals surface area contributed by atoms with E-state index in [9.17, 15) is 4.79 Å². The molecule has 1 aromatic heterocycles. The molecule has 0 saturated heterocycles. The average molecular weight is 237 g/mol. The predicted molar refractivity (Wildman–Crippen MR) is 67.6 cm³/mol. The molecule has 0 unspecified atom stereocenters. The molecule has 0 saturated carbocycles. The highest BCUT2D eigenvalue weighted by Gasteiger charge is 1.97. The molecule has 0 atom stereocenters. The van der Waals surface area contributed by atoms with Crippen molar-refractivity contribution in [1.82, 2.24) is 4.98 Å². The molecule has 0 N–H and O–H groups in total. The highest BCUT2D eigenvalue weighted by atomic mass is 32.2. The second-order valence-electron chi connectivity index (χ2n) is 3.12. The highest BCUT2D eigenvalue weighted by molar-refractivity contribution is 8.13. The molecule has 1 aromatic rings. The summed E-state index contributed by atoms with van der Waals surface area (Å²) in [5.74, 6) is 1.57. The van der Waals surface area contributed by atoms with E-state index in [-0.39, 0.29) is 5.12 Å². The maximum Gasteiger partial charge on any atom is 0.185 e. The highest BCUT2D eigenvalue weighted by Crippen LogP contribution is 2.16. The van der Waals surface area contributed by atoms with Gasteiger partial charge in [0.05, 0.1) is 7.11 Å². The molecule has 0 bridgehead atoms. The Morgan fingerprint density at radius 2 is 2.44 bits per heavy atom. The van der Waals surface area contributed by atoms with Crippen LogP contribution in [0.15, 0.2) is 24.4 Å². The van der Waals surface area contributed by atoms with E-state index < -0.39 is 0 Å². The third-order valence-corrected chi connectivity index (χ3v) is 2.73. The lowest BCUT2D eigenvalue weighted by molar-refractivity contribution is -0.109. The minimum Gasteiger partial charge on any atom is -0.494 e. The summed E-state index contributed by atoms with van der Waals surface area (Å²) < 4.78 is 5.17. The van der Waals surface area contributed by atoms with Gasteiger partial charge in [-0.25, -0.2) is 0 Å². The summed E-state index contributed by atoms with van der Waals surface area (Å²) in [6, 6.07) is 3.71. The maximum absolute atomic E-state index is 10.7. The average Bonchev–Trinajstić information content (AvgIpc) is 2.29. The number of carbonyl (C=O) groups is 1. The van der Waals surface area contributed by atoms with Crippen molar-refractivity contribution in [3.63, 3.8) is 0 Å². The van der Waals surface area contributed by atoms with Crippen LogP contribution in [0.25, 0.3) is 6.08 Å². The predicted octanol–water partition coefficient (Wildman–Crippen LogP) is 2.77. The lowest BCUT2D eigenvalue weighted by atomic mass is 10.3. The van der Waals surface area contributed by atoms with E-state index >= 15 is 0 Å². The van der Waals surface area contributed by atoms with Gasteiger partial charge in [0.15, 0.2) is 5.12 Å². The van der Waals surface area contributed by atoms with Crippen molar-refractivity contribution >= 4 is 23.0 Å². The molecular formula is C12H15NO2S. The zero-order valence-electron chi connectivity index (χ0n) is 9.47. The maximum atomic E-state index is 10.7. The molecule has 86 valence electrons. The fourth-order valence-corrected chi connectivity index (χ4v) is 1.71. The molecular weight excluding hydrogens is 222 g/mol. The van der Waals surface area contributed by atoms with E-state index in [0.29, 0.717) is 0 Å². The van der Waals surface area contributed by atoms with Crippen molar-refractivity contribution in [3.05, 3.63) is 30.1 Å². The topological polar surface area (TPSA) is 39.2 Å². The van der Waals surface area contributed by atoms with Gasteiger partial charge in [0, 0.05) is 18.9 Å². The molecule has 3 nitrogen and oxygen atoms in total. The SMILES string of the molecule is COc1cccnc1C=CCCSC(C)=O. The van der Waals surface area contributed by atoms with Crippen molar-refractivity contribution in [2.24, 2.45) is 0 Å². The van der Waals surface area contributed by atoms with Crippen LogP contribution >= 0.6 is 11.8 Å². The quantitative estimate of drug-likeness (QED) is 0.738. The van der Waals surface area contributed by atoms with Crippen LogP contribution < -0.4 is 4.74 Å². The fraction of sp³-hybridized carbons (Fsp3) is 0.333. The van der Waals surface area contributed by atoms with Crippen LogP contribution in [0.2, 0.25) is 0 Å². The number of ether oxygens (including phenoxy) is 1. The number of methoxy groups -OCH3 is 1. The Morgan fingerprint density at radius 3 is 3.12 bits per heavy atom. The van der Waals surface area contributed by atoms with Gasteiger partial charge in [-0.05, 0) is 24.6 Å². The van der Waals surface area contributed by atoms with Crippen LogP contribution in [-0.4, -0.2) is 23.0 Å². The molecule has 4 heteroatoms. The van der Waals surface area contributed by atoms with Gasteiger partial charge < -0.3 is 4.74 Å². The number of allylic oxidation sites excluding steroid dienone is 1. The number of hydrogen-bond donors (Lipinski definition) is 0. The first-order valence-electron chi connectivity index (χ1n) is 5.03. The lowest BCUT2D eigenvalue weighted by Crippen LogP contribution is -1.89. The van der Waals surface area contributed by atoms with E-state index in [1.807, 2.05) is 24.3 Å². The fourth-order valence-electron chi connectivity index (χ4n) is 1.17. The van der Waals surface area contributed by atoms with Gasteiger partial charge in [0.25, 0.3) is 0 Å². The summed E-state index contributed by atoms with van der Waals surface area (Å²) in [7, 11) is 1.62. The van der Waals surface area contributed by atoms with Gasteiger partial charge in [-0.3, -0.25) is 9.78 Å². The molecule has 0 radical (unpaired) electrons. The molecule has 1 heterocycles. The molecule has 0 spiro atoms. The minimum absolute atomic E-state index is 0.156. The van der Waals surface area contributed by atoms with Crippen molar-refractivity contribution in [1.29, 1.82) is 0 Å². The van der Waals surface area contributed by atoms with E-state index in [2.05, 4.69) is 4.98 Å². The summed E-state index contributed by atoms with van der Waals surface area (Å²) in [6.07, 6.45) is 6.50. The van der Waals surface area contributed by atoms with Crippen molar-refractivity contribution < 1.29 is 9.53 Å². The van der Waals surface area contributed by atoms with Crippen molar-refractivity contribution in [2.75, 3.05) is 12.9 Å². The van der Waals surface area contributed by atoms with Gasteiger partial charge in [-0.2, -0.15) is 0 Å². The third kappa shape index (κ3) is 4.49. The van der Waals surface area contributed by atoms with Crippen LogP contribution in [0.4, 0.5) is 0 Å². The first-order chi connectivity index (χ1) is 7.74. The molecule has 0 fully saturated rings. The van der Waals surface area contributed by atoms with E-state index in [4.69, 9.17) is 4.74 Å². The number of nitrogens with zero attached hydrogens (tertiary/aromatic N) is 1. The van der Waals surface area contributed by atoms with Gasteiger partial charge in [0.1, 0.15) is 11.4 Å². The third-order valence-electron chi connectivity index (χ3n) is 1.89. The number of rotatable bonds is 5. The van der Waals surface area contributed by atoms with Gasteiger partial charge in [-0.15, -0.1) is 0 Å². The van der Waals surface area contributed by atoms with Crippen LogP contribution in [0.5, 0.6) is 5.75 Å². The number of carbonyl (C=O) groups excluding carboxylic acids is 1. The van der Waals surface area contributed by atoms with Gasteiger partial charge in [-0.1, -0.05) is 17.8 Å². The smallest absolute Gasteiger partial charge is 0.185 e. The zero-order valence-corrected chi connectivity index (χ0v) is 10.3. The Balaban J connectivity index is 2.46. The molecule has 0 aliphatic rings. The van der Waals surface area contributed by atoms with Crippen molar-refractivity contribution in [2.45, 2.75) is 13.3 Å². The van der Waals surface area contributed by atoms with Gasteiger partial charge in [0.2, 0.25) is 0 Å². The first kappa shape index (κ1) is 12.8. The summed E-state index contributed by atoms with van der Waals surface area (Å²) >= 11 is 1.33. The largest absolute Gasteiger partial charge is 0.494 e. The molecule has 16 heavy (non-hydrogen) atoms. The Bertz CT molecular complexity index is 377. The van der Waals surface area contributed by atoms with Crippen LogP contribution in [0.3, 0.4) is 0 Å². The first-order valence-corrected chi connectivity index (χ1v) is 6.01. The molecule has 0 aromatic carbocycles. The van der Waals surface area contributed by atoms with Crippen LogP contribution in [0, 0.1) is 0 Å². The Kier molecular flexibility index (Phi) is 5.64. The second kappa shape index (κ2) is 7.06. The lowest BCUT2D eigenvalue weighted by Gasteiger charge is -2.01. The van der Waals surface area contributed by atoms with Gasteiger partial charge >= 0.3 is 0 Å². The van der Waals surface area contributed by atoms with E-state index in [1.54, 1.807) is 20.2 Å². The summed E-state index contributed by atoms with van der Waals surface area (Å²) in [4.78, 5) is 14.9. The zero-order chi connectivity index (χ0) is 11.8. The Hall–Kier alpha value is -1.29. The summed E-state index contributed by atoms with van der Waals surface area (Å²) in [5, 5.41) is 0.156. The Morgan fingerprint density at radius 1 is 1.62 bits per heavy atom. The van der Waals surface area contributed by atoms with E-state index in [0.717, 1.165) is 23.6 Å². The number of thioether (sulfide) groups is 1. The normalized spacial score (nSPS) is 10.6. The molecule has 0 aliphatic carbocycles.